The van der Waals surface area contributed by atoms with Gasteiger partial charge in [0.05, 0.1) is 16.1 Å². The van der Waals surface area contributed by atoms with Gasteiger partial charge in [-0.3, -0.25) is 4.79 Å². The summed E-state index contributed by atoms with van der Waals surface area (Å²) in [4.78, 5) is 12.4. The van der Waals surface area contributed by atoms with Gasteiger partial charge in [0, 0.05) is 12.0 Å². The average Bonchev–Trinajstić information content (AvgIpc) is 3.02. The van der Waals surface area contributed by atoms with E-state index in [-0.39, 0.29) is 17.9 Å². The first kappa shape index (κ1) is 17.8. The summed E-state index contributed by atoms with van der Waals surface area (Å²) in [5, 5.41) is 3.36. The monoisotopic (exact) mass is 367 g/mol. The van der Waals surface area contributed by atoms with E-state index in [1.807, 2.05) is 0 Å². The second kappa shape index (κ2) is 7.08. The van der Waals surface area contributed by atoms with Crippen molar-refractivity contribution in [1.29, 1.82) is 0 Å². The van der Waals surface area contributed by atoms with Crippen LogP contribution in [0.4, 0.5) is 13.2 Å². The highest BCUT2D eigenvalue weighted by Gasteiger charge is 2.33. The normalized spacial score (nSPS) is 20.5. The Hall–Kier alpha value is -2.01. The molecule has 0 unspecified atom stereocenters. The van der Waals surface area contributed by atoms with Gasteiger partial charge in [0.25, 0.3) is 5.91 Å². The molecule has 1 saturated carbocycles. The molecule has 1 amide bonds. The number of hydrogen-bond acceptors (Lipinski definition) is 1. The second-order valence-electron chi connectivity index (χ2n) is 6.22. The molecule has 0 spiro atoms. The molecule has 0 heterocycles. The van der Waals surface area contributed by atoms with Crippen LogP contribution in [0.5, 0.6) is 0 Å². The minimum Gasteiger partial charge on any atom is -0.349 e. The number of hydrogen-bond donors (Lipinski definition) is 1. The minimum absolute atomic E-state index is 0.00808. The molecule has 3 rings (SSSR count). The fourth-order valence-electron chi connectivity index (χ4n) is 3.34. The molecular formula is C19H17ClF3NO. The van der Waals surface area contributed by atoms with E-state index in [0.29, 0.717) is 10.6 Å². The molecule has 1 fully saturated rings. The number of alkyl halides is 3. The fraction of sp³-hybridized carbons (Fsp3) is 0.316. The Morgan fingerprint density at radius 1 is 1.04 bits per heavy atom. The van der Waals surface area contributed by atoms with Crippen molar-refractivity contribution in [3.8, 4) is 0 Å². The lowest BCUT2D eigenvalue weighted by Crippen LogP contribution is -2.36. The molecule has 1 aliphatic carbocycles. The van der Waals surface area contributed by atoms with Crippen molar-refractivity contribution in [2.45, 2.75) is 37.4 Å². The number of carbonyl (C=O) groups is 1. The highest BCUT2D eigenvalue weighted by atomic mass is 35.5. The molecule has 0 bridgehead atoms. The van der Waals surface area contributed by atoms with E-state index in [4.69, 9.17) is 11.6 Å². The molecule has 2 aromatic carbocycles. The van der Waals surface area contributed by atoms with E-state index in [2.05, 4.69) is 5.32 Å². The Morgan fingerprint density at radius 2 is 1.72 bits per heavy atom. The lowest BCUT2D eigenvalue weighted by atomic mass is 9.93. The fourth-order valence-corrected chi connectivity index (χ4v) is 3.56. The summed E-state index contributed by atoms with van der Waals surface area (Å²) in [5.74, 6) is -0.247. The summed E-state index contributed by atoms with van der Waals surface area (Å²) in [5.41, 5.74) is 0.558. The minimum atomic E-state index is -4.34. The lowest BCUT2D eigenvalue weighted by molar-refractivity contribution is -0.137. The first-order valence-electron chi connectivity index (χ1n) is 8.09. The second-order valence-corrected chi connectivity index (χ2v) is 6.62. The van der Waals surface area contributed by atoms with Crippen molar-refractivity contribution in [2.24, 2.45) is 0 Å². The van der Waals surface area contributed by atoms with E-state index < -0.39 is 11.7 Å². The molecule has 2 atom stereocenters. The van der Waals surface area contributed by atoms with Gasteiger partial charge in [0.1, 0.15) is 0 Å². The zero-order chi connectivity index (χ0) is 18.0. The molecule has 25 heavy (non-hydrogen) atoms. The summed E-state index contributed by atoms with van der Waals surface area (Å²) < 4.78 is 38.1. The molecule has 0 aliphatic heterocycles. The van der Waals surface area contributed by atoms with E-state index in [1.54, 1.807) is 24.3 Å². The van der Waals surface area contributed by atoms with Gasteiger partial charge in [-0.05, 0) is 42.7 Å². The van der Waals surface area contributed by atoms with Gasteiger partial charge >= 0.3 is 6.18 Å². The first-order valence-corrected chi connectivity index (χ1v) is 8.46. The number of rotatable bonds is 3. The highest BCUT2D eigenvalue weighted by molar-refractivity contribution is 6.33. The maximum absolute atomic E-state index is 12.7. The third-order valence-electron chi connectivity index (χ3n) is 4.62. The summed E-state index contributed by atoms with van der Waals surface area (Å²) in [6.45, 7) is 0. The number of amides is 1. The zero-order valence-electron chi connectivity index (χ0n) is 13.3. The van der Waals surface area contributed by atoms with Gasteiger partial charge in [-0.1, -0.05) is 42.3 Å². The molecule has 6 heteroatoms. The van der Waals surface area contributed by atoms with Crippen molar-refractivity contribution in [3.63, 3.8) is 0 Å². The number of nitrogens with one attached hydrogen (secondary N) is 1. The van der Waals surface area contributed by atoms with E-state index in [1.165, 1.54) is 12.1 Å². The third kappa shape index (κ3) is 3.98. The average molecular weight is 368 g/mol. The molecule has 132 valence electrons. The van der Waals surface area contributed by atoms with Crippen molar-refractivity contribution in [1.82, 2.24) is 5.32 Å². The number of benzene rings is 2. The lowest BCUT2D eigenvalue weighted by Gasteiger charge is -2.22. The van der Waals surface area contributed by atoms with E-state index in [0.717, 1.165) is 37.0 Å². The molecule has 0 saturated heterocycles. The van der Waals surface area contributed by atoms with Crippen LogP contribution in [0.15, 0.2) is 48.5 Å². The molecule has 2 nitrogen and oxygen atoms in total. The van der Waals surface area contributed by atoms with Crippen LogP contribution in [-0.2, 0) is 6.18 Å². The van der Waals surface area contributed by atoms with Crippen LogP contribution < -0.4 is 5.32 Å². The zero-order valence-corrected chi connectivity index (χ0v) is 14.1. The Kier molecular flexibility index (Phi) is 5.04. The van der Waals surface area contributed by atoms with Gasteiger partial charge in [-0.25, -0.2) is 0 Å². The Labute approximate surface area is 149 Å². The van der Waals surface area contributed by atoms with E-state index >= 15 is 0 Å². The largest absolute Gasteiger partial charge is 0.416 e. The van der Waals surface area contributed by atoms with Crippen molar-refractivity contribution in [2.75, 3.05) is 0 Å². The predicted molar refractivity (Wildman–Crippen MR) is 90.7 cm³/mol. The maximum atomic E-state index is 12.7. The Bertz CT molecular complexity index is 758. The standard InChI is InChI=1S/C19H17ClF3NO/c20-16-6-2-1-4-15(16)18(25)24-17-7-3-5-14(17)12-8-10-13(11-9-12)19(21,22)23/h1-2,4,6,8-11,14,17H,3,5,7H2,(H,24,25)/t14-,17-/m0/s1. The molecule has 0 radical (unpaired) electrons. The molecule has 0 aromatic heterocycles. The Morgan fingerprint density at radius 3 is 2.36 bits per heavy atom. The van der Waals surface area contributed by atoms with Crippen LogP contribution in [0.1, 0.15) is 46.7 Å². The van der Waals surface area contributed by atoms with Gasteiger partial charge in [0.2, 0.25) is 0 Å². The van der Waals surface area contributed by atoms with Crippen molar-refractivity contribution >= 4 is 17.5 Å². The summed E-state index contributed by atoms with van der Waals surface area (Å²) in [6.07, 6.45) is -1.80. The number of carbonyl (C=O) groups excluding carboxylic acids is 1. The van der Waals surface area contributed by atoms with Crippen LogP contribution in [0.25, 0.3) is 0 Å². The Balaban J connectivity index is 1.75. The van der Waals surface area contributed by atoms with Crippen molar-refractivity contribution in [3.05, 3.63) is 70.2 Å². The van der Waals surface area contributed by atoms with Gasteiger partial charge < -0.3 is 5.32 Å². The quantitative estimate of drug-likeness (QED) is 0.770. The van der Waals surface area contributed by atoms with Gasteiger partial charge in [-0.2, -0.15) is 13.2 Å². The van der Waals surface area contributed by atoms with Gasteiger partial charge in [0.15, 0.2) is 0 Å². The summed E-state index contributed by atoms with van der Waals surface area (Å²) in [6, 6.07) is 11.9. The topological polar surface area (TPSA) is 29.1 Å². The summed E-state index contributed by atoms with van der Waals surface area (Å²) in [7, 11) is 0. The first-order chi connectivity index (χ1) is 11.9. The number of halogens is 4. The van der Waals surface area contributed by atoms with Gasteiger partial charge in [-0.15, -0.1) is 0 Å². The maximum Gasteiger partial charge on any atom is 0.416 e. The SMILES string of the molecule is O=C(N[C@H]1CCC[C@H]1c1ccc(C(F)(F)F)cc1)c1ccccc1Cl. The van der Waals surface area contributed by atoms with Crippen LogP contribution in [0.2, 0.25) is 5.02 Å². The highest BCUT2D eigenvalue weighted by Crippen LogP contribution is 2.37. The smallest absolute Gasteiger partial charge is 0.349 e. The van der Waals surface area contributed by atoms with Crippen LogP contribution in [0.3, 0.4) is 0 Å². The molecule has 1 N–H and O–H groups in total. The van der Waals surface area contributed by atoms with Crippen LogP contribution >= 0.6 is 11.6 Å². The summed E-state index contributed by atoms with van der Waals surface area (Å²) >= 11 is 6.05. The van der Waals surface area contributed by atoms with Crippen LogP contribution in [0, 0.1) is 0 Å². The van der Waals surface area contributed by atoms with E-state index in [9.17, 15) is 18.0 Å². The predicted octanol–water partition coefficient (Wildman–Crippen LogP) is 5.42. The van der Waals surface area contributed by atoms with Crippen LogP contribution in [-0.4, -0.2) is 11.9 Å². The molecule has 2 aromatic rings. The molecular weight excluding hydrogens is 351 g/mol. The molecule has 1 aliphatic rings. The third-order valence-corrected chi connectivity index (χ3v) is 4.95. The van der Waals surface area contributed by atoms with Crippen molar-refractivity contribution < 1.29 is 18.0 Å².